The Kier molecular flexibility index (Phi) is 3.36. The lowest BCUT2D eigenvalue weighted by atomic mass is 10.0. The standard InChI is InChI=1S/C12H8ClFO4/c13-7-2-1-3-8(14)9(7)10(15)11-6(12(16)17)4-5-18-11/h1-5,10,15H,(H,16,17). The maximum Gasteiger partial charge on any atom is 0.339 e. The van der Waals surface area contributed by atoms with Gasteiger partial charge in [0.15, 0.2) is 5.76 Å². The van der Waals surface area contributed by atoms with E-state index in [4.69, 9.17) is 21.1 Å². The molecule has 0 spiro atoms. The van der Waals surface area contributed by atoms with Crippen LogP contribution in [-0.2, 0) is 0 Å². The highest BCUT2D eigenvalue weighted by atomic mass is 35.5. The molecule has 0 aliphatic heterocycles. The van der Waals surface area contributed by atoms with Gasteiger partial charge in [-0.3, -0.25) is 0 Å². The van der Waals surface area contributed by atoms with Gasteiger partial charge in [0.05, 0.1) is 6.26 Å². The van der Waals surface area contributed by atoms with Crippen molar-refractivity contribution in [2.24, 2.45) is 0 Å². The molecule has 0 fully saturated rings. The number of rotatable bonds is 3. The van der Waals surface area contributed by atoms with Crippen LogP contribution in [0.4, 0.5) is 4.39 Å². The molecule has 1 atom stereocenters. The van der Waals surface area contributed by atoms with Gasteiger partial charge in [-0.25, -0.2) is 9.18 Å². The van der Waals surface area contributed by atoms with Crippen molar-refractivity contribution < 1.29 is 23.8 Å². The second kappa shape index (κ2) is 4.80. The molecule has 0 bridgehead atoms. The molecule has 1 unspecified atom stereocenters. The third-order valence-electron chi connectivity index (χ3n) is 2.45. The summed E-state index contributed by atoms with van der Waals surface area (Å²) in [5.41, 5.74) is -0.446. The Hall–Kier alpha value is -1.85. The molecule has 18 heavy (non-hydrogen) atoms. The van der Waals surface area contributed by atoms with Crippen LogP contribution in [-0.4, -0.2) is 16.2 Å². The summed E-state index contributed by atoms with van der Waals surface area (Å²) in [5.74, 6) is -2.26. The lowest BCUT2D eigenvalue weighted by Gasteiger charge is -2.12. The van der Waals surface area contributed by atoms with Gasteiger partial charge in [0, 0.05) is 10.6 Å². The predicted octanol–water partition coefficient (Wildman–Crippen LogP) is 2.85. The van der Waals surface area contributed by atoms with Gasteiger partial charge in [0.25, 0.3) is 0 Å². The number of aliphatic hydroxyl groups excluding tert-OH is 1. The van der Waals surface area contributed by atoms with Crippen LogP contribution in [0.2, 0.25) is 5.02 Å². The van der Waals surface area contributed by atoms with E-state index in [2.05, 4.69) is 0 Å². The SMILES string of the molecule is O=C(O)c1ccoc1C(O)c1c(F)cccc1Cl. The van der Waals surface area contributed by atoms with Crippen molar-refractivity contribution in [3.05, 3.63) is 58.3 Å². The largest absolute Gasteiger partial charge is 0.478 e. The van der Waals surface area contributed by atoms with Gasteiger partial charge in [-0.15, -0.1) is 0 Å². The monoisotopic (exact) mass is 270 g/mol. The van der Waals surface area contributed by atoms with E-state index in [1.165, 1.54) is 18.2 Å². The molecular formula is C12H8ClFO4. The molecule has 0 amide bonds. The van der Waals surface area contributed by atoms with E-state index in [-0.39, 0.29) is 21.9 Å². The Morgan fingerprint density at radius 1 is 1.39 bits per heavy atom. The Balaban J connectivity index is 2.51. The van der Waals surface area contributed by atoms with E-state index in [0.717, 1.165) is 12.3 Å². The summed E-state index contributed by atoms with van der Waals surface area (Å²) in [5, 5.41) is 18.9. The highest BCUT2D eigenvalue weighted by Crippen LogP contribution is 2.32. The summed E-state index contributed by atoms with van der Waals surface area (Å²) < 4.78 is 18.5. The predicted molar refractivity (Wildman–Crippen MR) is 61.1 cm³/mol. The molecule has 6 heteroatoms. The zero-order chi connectivity index (χ0) is 13.3. The van der Waals surface area contributed by atoms with E-state index >= 15 is 0 Å². The van der Waals surface area contributed by atoms with Crippen LogP contribution in [0.25, 0.3) is 0 Å². The molecule has 2 rings (SSSR count). The first-order valence-electron chi connectivity index (χ1n) is 4.95. The lowest BCUT2D eigenvalue weighted by molar-refractivity contribution is 0.0687. The molecule has 1 aromatic carbocycles. The number of halogens is 2. The van der Waals surface area contributed by atoms with Crippen molar-refractivity contribution in [1.82, 2.24) is 0 Å². The fraction of sp³-hybridized carbons (Fsp3) is 0.0833. The zero-order valence-electron chi connectivity index (χ0n) is 8.93. The number of carboxylic acids is 1. The van der Waals surface area contributed by atoms with Gasteiger partial charge in [-0.05, 0) is 18.2 Å². The van der Waals surface area contributed by atoms with Gasteiger partial charge < -0.3 is 14.6 Å². The average Bonchev–Trinajstić information content (AvgIpc) is 2.77. The smallest absolute Gasteiger partial charge is 0.339 e. The summed E-state index contributed by atoms with van der Waals surface area (Å²) in [6.45, 7) is 0. The summed E-state index contributed by atoms with van der Waals surface area (Å²) in [4.78, 5) is 10.9. The summed E-state index contributed by atoms with van der Waals surface area (Å²) in [6, 6.07) is 5.07. The molecule has 0 saturated heterocycles. The molecule has 0 radical (unpaired) electrons. The first-order chi connectivity index (χ1) is 8.52. The number of aliphatic hydroxyl groups is 1. The van der Waals surface area contributed by atoms with E-state index in [9.17, 15) is 14.3 Å². The zero-order valence-corrected chi connectivity index (χ0v) is 9.69. The van der Waals surface area contributed by atoms with Crippen LogP contribution in [0.15, 0.2) is 34.9 Å². The minimum absolute atomic E-state index is 0.00441. The van der Waals surface area contributed by atoms with E-state index in [0.29, 0.717) is 0 Å². The first kappa shape index (κ1) is 12.6. The van der Waals surface area contributed by atoms with Gasteiger partial charge >= 0.3 is 5.97 Å². The molecule has 94 valence electrons. The Bertz CT molecular complexity index is 573. The van der Waals surface area contributed by atoms with Crippen molar-refractivity contribution in [2.75, 3.05) is 0 Å². The van der Waals surface area contributed by atoms with Crippen molar-refractivity contribution in [3.63, 3.8) is 0 Å². The number of aromatic carboxylic acids is 1. The molecule has 2 aromatic rings. The number of hydrogen-bond acceptors (Lipinski definition) is 3. The van der Waals surface area contributed by atoms with Gasteiger partial charge in [0.2, 0.25) is 0 Å². The Morgan fingerprint density at radius 3 is 2.72 bits per heavy atom. The average molecular weight is 271 g/mol. The minimum Gasteiger partial charge on any atom is -0.478 e. The number of carboxylic acid groups (broad SMARTS) is 1. The number of furan rings is 1. The number of benzene rings is 1. The van der Waals surface area contributed by atoms with Crippen molar-refractivity contribution in [1.29, 1.82) is 0 Å². The van der Waals surface area contributed by atoms with Crippen LogP contribution in [0.3, 0.4) is 0 Å². The quantitative estimate of drug-likeness (QED) is 0.900. The molecular weight excluding hydrogens is 263 g/mol. The summed E-state index contributed by atoms with van der Waals surface area (Å²) in [6.07, 6.45) is -0.462. The van der Waals surface area contributed by atoms with E-state index in [1.54, 1.807) is 0 Å². The third-order valence-corrected chi connectivity index (χ3v) is 2.78. The van der Waals surface area contributed by atoms with Crippen LogP contribution in [0.1, 0.15) is 27.8 Å². The minimum atomic E-state index is -1.57. The summed E-state index contributed by atoms with van der Waals surface area (Å²) in [7, 11) is 0. The molecule has 1 heterocycles. The van der Waals surface area contributed by atoms with Crippen LogP contribution in [0.5, 0.6) is 0 Å². The third kappa shape index (κ3) is 2.10. The Labute approximate surface area is 106 Å². The molecule has 4 nitrogen and oxygen atoms in total. The van der Waals surface area contributed by atoms with Crippen LogP contribution >= 0.6 is 11.6 Å². The molecule has 0 aliphatic carbocycles. The lowest BCUT2D eigenvalue weighted by Crippen LogP contribution is -2.07. The van der Waals surface area contributed by atoms with E-state index < -0.39 is 17.9 Å². The topological polar surface area (TPSA) is 70.7 Å². The molecule has 1 aromatic heterocycles. The maximum absolute atomic E-state index is 13.6. The fourth-order valence-electron chi connectivity index (χ4n) is 1.61. The van der Waals surface area contributed by atoms with Gasteiger partial charge in [0.1, 0.15) is 17.5 Å². The maximum atomic E-state index is 13.6. The van der Waals surface area contributed by atoms with Crippen LogP contribution in [0, 0.1) is 5.82 Å². The highest BCUT2D eigenvalue weighted by molar-refractivity contribution is 6.31. The van der Waals surface area contributed by atoms with Crippen LogP contribution < -0.4 is 0 Å². The molecule has 0 aliphatic rings. The fourth-order valence-corrected chi connectivity index (χ4v) is 1.88. The van der Waals surface area contributed by atoms with Gasteiger partial charge in [-0.1, -0.05) is 17.7 Å². The highest BCUT2D eigenvalue weighted by Gasteiger charge is 2.26. The molecule has 0 saturated carbocycles. The number of carbonyl (C=O) groups is 1. The normalized spacial score (nSPS) is 12.4. The second-order valence-electron chi connectivity index (χ2n) is 3.54. The Morgan fingerprint density at radius 2 is 2.11 bits per heavy atom. The van der Waals surface area contributed by atoms with Crippen molar-refractivity contribution in [2.45, 2.75) is 6.10 Å². The number of hydrogen-bond donors (Lipinski definition) is 2. The second-order valence-corrected chi connectivity index (χ2v) is 3.95. The van der Waals surface area contributed by atoms with Crippen molar-refractivity contribution in [3.8, 4) is 0 Å². The van der Waals surface area contributed by atoms with Gasteiger partial charge in [-0.2, -0.15) is 0 Å². The summed E-state index contributed by atoms with van der Waals surface area (Å²) >= 11 is 5.78. The van der Waals surface area contributed by atoms with Crippen molar-refractivity contribution >= 4 is 17.6 Å². The van der Waals surface area contributed by atoms with E-state index in [1.807, 2.05) is 0 Å². The first-order valence-corrected chi connectivity index (χ1v) is 5.33. The molecule has 2 N–H and O–H groups in total.